The summed E-state index contributed by atoms with van der Waals surface area (Å²) >= 11 is 8.88. The maximum absolute atomic E-state index is 5.69. The Morgan fingerprint density at radius 3 is 2.80 bits per heavy atom. The van der Waals surface area contributed by atoms with Gasteiger partial charge in [-0.05, 0) is 28.1 Å². The van der Waals surface area contributed by atoms with Crippen LogP contribution >= 0.6 is 27.5 Å². The van der Waals surface area contributed by atoms with E-state index in [1.165, 1.54) is 0 Å². The van der Waals surface area contributed by atoms with E-state index in [0.717, 1.165) is 5.69 Å². The Balaban J connectivity index is 3.04. The molecule has 1 heterocycles. The summed E-state index contributed by atoms with van der Waals surface area (Å²) in [5.41, 5.74) is 6.17. The molecule has 1 aromatic heterocycles. The molecule has 0 aliphatic rings. The molecule has 0 aliphatic heterocycles. The van der Waals surface area contributed by atoms with Crippen LogP contribution in [-0.4, -0.2) is 4.98 Å². The summed E-state index contributed by atoms with van der Waals surface area (Å²) in [5, 5.41) is 0.609. The number of rotatable bonds is 1. The molecule has 0 saturated carbocycles. The average Bonchev–Trinajstić information content (AvgIpc) is 1.95. The number of pyridine rings is 1. The van der Waals surface area contributed by atoms with Crippen molar-refractivity contribution in [3.05, 3.63) is 27.5 Å². The van der Waals surface area contributed by atoms with Gasteiger partial charge in [-0.25, -0.2) is 4.98 Å². The summed E-state index contributed by atoms with van der Waals surface area (Å²) in [6, 6.07) is 3.56. The van der Waals surface area contributed by atoms with E-state index in [-0.39, 0.29) is 0 Å². The zero-order valence-electron chi connectivity index (χ0n) is 5.14. The number of halogens is 2. The van der Waals surface area contributed by atoms with Crippen LogP contribution in [0.4, 0.5) is 0 Å². The number of nitrogens with zero attached hydrogens (tertiary/aromatic N) is 1. The van der Waals surface area contributed by atoms with Crippen LogP contribution in [0.3, 0.4) is 0 Å². The minimum Gasteiger partial charge on any atom is -0.325 e. The highest BCUT2D eigenvalue weighted by atomic mass is 79.9. The molecule has 0 saturated heterocycles. The Bertz CT molecular complexity index is 239. The molecule has 0 bridgehead atoms. The maximum atomic E-state index is 5.69. The third kappa shape index (κ3) is 1.68. The van der Waals surface area contributed by atoms with Crippen LogP contribution in [0.1, 0.15) is 5.69 Å². The van der Waals surface area contributed by atoms with Crippen molar-refractivity contribution in [2.75, 3.05) is 0 Å². The number of nitrogens with two attached hydrogens (primary N) is 1. The van der Waals surface area contributed by atoms with E-state index in [1.807, 2.05) is 0 Å². The van der Waals surface area contributed by atoms with Gasteiger partial charge < -0.3 is 5.73 Å². The van der Waals surface area contributed by atoms with Crippen LogP contribution in [0, 0.1) is 0 Å². The fourth-order valence-electron chi connectivity index (χ4n) is 0.569. The Morgan fingerprint density at radius 1 is 1.60 bits per heavy atom. The lowest BCUT2D eigenvalue weighted by Gasteiger charge is -1.97. The number of aromatic nitrogens is 1. The molecule has 1 rings (SSSR count). The van der Waals surface area contributed by atoms with Gasteiger partial charge in [0.25, 0.3) is 0 Å². The van der Waals surface area contributed by atoms with E-state index in [4.69, 9.17) is 17.3 Å². The van der Waals surface area contributed by atoms with Crippen LogP contribution < -0.4 is 5.73 Å². The van der Waals surface area contributed by atoms with Gasteiger partial charge in [0.1, 0.15) is 4.60 Å². The molecular formula is C6H6BrClN2. The first kappa shape index (κ1) is 7.98. The molecule has 54 valence electrons. The molecule has 0 spiro atoms. The smallest absolute Gasteiger partial charge is 0.125 e. The molecule has 4 heteroatoms. The Morgan fingerprint density at radius 2 is 2.30 bits per heavy atom. The lowest BCUT2D eigenvalue weighted by atomic mass is 10.4. The van der Waals surface area contributed by atoms with Gasteiger partial charge in [0, 0.05) is 6.54 Å². The molecule has 0 unspecified atom stereocenters. The van der Waals surface area contributed by atoms with E-state index in [0.29, 0.717) is 16.2 Å². The molecule has 10 heavy (non-hydrogen) atoms. The van der Waals surface area contributed by atoms with Crippen molar-refractivity contribution in [3.63, 3.8) is 0 Å². The van der Waals surface area contributed by atoms with Crippen LogP contribution in [-0.2, 0) is 6.54 Å². The van der Waals surface area contributed by atoms with Gasteiger partial charge in [0.15, 0.2) is 0 Å². The fraction of sp³-hybridized carbons (Fsp3) is 0.167. The highest BCUT2D eigenvalue weighted by molar-refractivity contribution is 9.10. The lowest BCUT2D eigenvalue weighted by molar-refractivity contribution is 0.980. The van der Waals surface area contributed by atoms with Crippen molar-refractivity contribution in [2.45, 2.75) is 6.54 Å². The second-order valence-corrected chi connectivity index (χ2v) is 2.94. The van der Waals surface area contributed by atoms with E-state index in [2.05, 4.69) is 20.9 Å². The van der Waals surface area contributed by atoms with Crippen LogP contribution in [0.25, 0.3) is 0 Å². The third-order valence-electron chi connectivity index (χ3n) is 1.07. The highest BCUT2D eigenvalue weighted by Crippen LogP contribution is 2.19. The third-order valence-corrected chi connectivity index (χ3v) is 2.21. The zero-order valence-corrected chi connectivity index (χ0v) is 7.48. The number of hydrogen-bond acceptors (Lipinski definition) is 2. The van der Waals surface area contributed by atoms with Gasteiger partial charge in [-0.15, -0.1) is 0 Å². The van der Waals surface area contributed by atoms with Crippen molar-refractivity contribution in [1.29, 1.82) is 0 Å². The largest absolute Gasteiger partial charge is 0.325 e. The second-order valence-electron chi connectivity index (χ2n) is 1.78. The van der Waals surface area contributed by atoms with Crippen molar-refractivity contribution in [3.8, 4) is 0 Å². The molecule has 0 radical (unpaired) electrons. The van der Waals surface area contributed by atoms with Crippen molar-refractivity contribution >= 4 is 27.5 Å². The van der Waals surface area contributed by atoms with Gasteiger partial charge in [-0.3, -0.25) is 0 Å². The first-order valence-corrected chi connectivity index (χ1v) is 3.92. The minimum atomic E-state index is 0.440. The van der Waals surface area contributed by atoms with Crippen molar-refractivity contribution < 1.29 is 0 Å². The molecule has 1 aromatic rings. The fourth-order valence-corrected chi connectivity index (χ4v) is 1.03. The van der Waals surface area contributed by atoms with E-state index >= 15 is 0 Å². The van der Waals surface area contributed by atoms with Gasteiger partial charge in [-0.1, -0.05) is 11.6 Å². The monoisotopic (exact) mass is 220 g/mol. The maximum Gasteiger partial charge on any atom is 0.125 e. The van der Waals surface area contributed by atoms with Crippen LogP contribution in [0.15, 0.2) is 16.7 Å². The second kappa shape index (κ2) is 3.32. The molecule has 0 amide bonds. The van der Waals surface area contributed by atoms with E-state index in [9.17, 15) is 0 Å². The summed E-state index contributed by atoms with van der Waals surface area (Å²) in [4.78, 5) is 4.05. The molecule has 0 aliphatic carbocycles. The topological polar surface area (TPSA) is 38.9 Å². The van der Waals surface area contributed by atoms with Crippen LogP contribution in [0.2, 0.25) is 5.02 Å². The first-order chi connectivity index (χ1) is 4.74. The molecule has 0 aromatic carbocycles. The van der Waals surface area contributed by atoms with Crippen molar-refractivity contribution in [1.82, 2.24) is 4.98 Å². The molecular weight excluding hydrogens is 215 g/mol. The predicted octanol–water partition coefficient (Wildman–Crippen LogP) is 1.96. The summed E-state index contributed by atoms with van der Waals surface area (Å²) in [5.74, 6) is 0. The Labute approximate surface area is 72.5 Å². The van der Waals surface area contributed by atoms with Gasteiger partial charge in [-0.2, -0.15) is 0 Å². The standard InChI is InChI=1S/C6H6BrClN2/c7-6-5(8)2-1-4(3-9)10-6/h1-2H,3,9H2. The summed E-state index contributed by atoms with van der Waals surface area (Å²) < 4.78 is 0.650. The van der Waals surface area contributed by atoms with Gasteiger partial charge >= 0.3 is 0 Å². The average molecular weight is 221 g/mol. The van der Waals surface area contributed by atoms with Gasteiger partial charge in [0.2, 0.25) is 0 Å². The zero-order chi connectivity index (χ0) is 7.56. The predicted molar refractivity (Wildman–Crippen MR) is 44.8 cm³/mol. The summed E-state index contributed by atoms with van der Waals surface area (Å²) in [6.45, 7) is 0.440. The molecule has 0 atom stereocenters. The van der Waals surface area contributed by atoms with Crippen LogP contribution in [0.5, 0.6) is 0 Å². The lowest BCUT2D eigenvalue weighted by Crippen LogP contribution is -1.98. The summed E-state index contributed by atoms with van der Waals surface area (Å²) in [6.07, 6.45) is 0. The number of hydrogen-bond donors (Lipinski definition) is 1. The molecule has 2 N–H and O–H groups in total. The van der Waals surface area contributed by atoms with E-state index < -0.39 is 0 Å². The SMILES string of the molecule is NCc1ccc(Cl)c(Br)n1. The molecule has 0 fully saturated rings. The Hall–Kier alpha value is -0.120. The first-order valence-electron chi connectivity index (χ1n) is 2.75. The summed E-state index contributed by atoms with van der Waals surface area (Å²) in [7, 11) is 0. The highest BCUT2D eigenvalue weighted by Gasteiger charge is 1.97. The minimum absolute atomic E-state index is 0.440. The Kier molecular flexibility index (Phi) is 2.65. The van der Waals surface area contributed by atoms with Gasteiger partial charge in [0.05, 0.1) is 10.7 Å². The molecule has 2 nitrogen and oxygen atoms in total. The normalized spacial score (nSPS) is 9.90. The quantitative estimate of drug-likeness (QED) is 0.736. The van der Waals surface area contributed by atoms with E-state index in [1.54, 1.807) is 12.1 Å². The van der Waals surface area contributed by atoms with Crippen molar-refractivity contribution in [2.24, 2.45) is 5.73 Å².